The van der Waals surface area contributed by atoms with Crippen molar-refractivity contribution in [2.24, 2.45) is 5.92 Å². The third-order valence-electron chi connectivity index (χ3n) is 2.92. The lowest BCUT2D eigenvalue weighted by Crippen LogP contribution is -2.48. The first-order chi connectivity index (χ1) is 7.78. The zero-order chi connectivity index (χ0) is 13.1. The predicted molar refractivity (Wildman–Crippen MR) is 69.0 cm³/mol. The molecule has 2 atom stereocenters. The number of hydrogen-bond acceptors (Lipinski definition) is 3. The smallest absolute Gasteiger partial charge is 0.407 e. The molecule has 0 bridgehead atoms. The summed E-state index contributed by atoms with van der Waals surface area (Å²) in [6, 6.07) is 0.340. The van der Waals surface area contributed by atoms with Gasteiger partial charge >= 0.3 is 6.09 Å². The molecule has 4 nitrogen and oxygen atoms in total. The van der Waals surface area contributed by atoms with E-state index in [0.717, 1.165) is 12.5 Å². The Balaban J connectivity index is 2.21. The Hall–Kier alpha value is -0.770. The lowest BCUT2D eigenvalue weighted by atomic mass is 10.1. The van der Waals surface area contributed by atoms with Gasteiger partial charge < -0.3 is 15.4 Å². The predicted octanol–water partition coefficient (Wildman–Crippen LogP) is 2.29. The molecule has 1 aliphatic carbocycles. The van der Waals surface area contributed by atoms with Crippen LogP contribution in [0.2, 0.25) is 0 Å². The molecule has 0 spiro atoms. The van der Waals surface area contributed by atoms with E-state index < -0.39 is 5.60 Å². The second-order valence-corrected chi connectivity index (χ2v) is 6.08. The molecule has 1 rings (SSSR count). The maximum atomic E-state index is 11.6. The van der Waals surface area contributed by atoms with E-state index in [1.54, 1.807) is 0 Å². The van der Waals surface area contributed by atoms with Crippen molar-refractivity contribution in [3.63, 3.8) is 0 Å². The fourth-order valence-electron chi connectivity index (χ4n) is 1.47. The number of rotatable bonds is 5. The molecule has 2 N–H and O–H groups in total. The van der Waals surface area contributed by atoms with Gasteiger partial charge in [-0.3, -0.25) is 0 Å². The van der Waals surface area contributed by atoms with Crippen LogP contribution in [0.3, 0.4) is 0 Å². The molecule has 1 saturated carbocycles. The van der Waals surface area contributed by atoms with Gasteiger partial charge in [0.1, 0.15) is 5.60 Å². The Morgan fingerprint density at radius 3 is 2.35 bits per heavy atom. The third kappa shape index (κ3) is 6.51. The molecule has 0 heterocycles. The van der Waals surface area contributed by atoms with Crippen LogP contribution in [0.15, 0.2) is 0 Å². The minimum atomic E-state index is -0.436. The molecule has 100 valence electrons. The van der Waals surface area contributed by atoms with Crippen LogP contribution in [0.5, 0.6) is 0 Å². The lowest BCUT2D eigenvalue weighted by molar-refractivity contribution is 0.0499. The van der Waals surface area contributed by atoms with E-state index in [-0.39, 0.29) is 18.2 Å². The fourth-order valence-corrected chi connectivity index (χ4v) is 1.47. The molecular weight excluding hydrogens is 216 g/mol. The summed E-state index contributed by atoms with van der Waals surface area (Å²) in [6.07, 6.45) is 2.34. The van der Waals surface area contributed by atoms with E-state index in [1.807, 2.05) is 27.7 Å². The summed E-state index contributed by atoms with van der Waals surface area (Å²) in [5, 5.41) is 6.30. The number of ether oxygens (including phenoxy) is 1. The number of carbonyl (C=O) groups excluding carboxylic acids is 1. The molecule has 0 aromatic rings. The van der Waals surface area contributed by atoms with Gasteiger partial charge in [0.25, 0.3) is 0 Å². The van der Waals surface area contributed by atoms with Crippen LogP contribution in [-0.4, -0.2) is 30.3 Å². The second kappa shape index (κ2) is 5.71. The second-order valence-electron chi connectivity index (χ2n) is 6.08. The Morgan fingerprint density at radius 1 is 1.29 bits per heavy atom. The Morgan fingerprint density at radius 2 is 1.88 bits per heavy atom. The topological polar surface area (TPSA) is 50.4 Å². The standard InChI is InChI=1S/C13H26N2O2/c1-9(14-8-11-6-7-11)10(2)15-12(16)17-13(3,4)5/h9-11,14H,6-8H2,1-5H3,(H,15,16). The molecular formula is C13H26N2O2. The summed E-state index contributed by atoms with van der Waals surface area (Å²) in [4.78, 5) is 11.6. The quantitative estimate of drug-likeness (QED) is 0.777. The zero-order valence-corrected chi connectivity index (χ0v) is 11.7. The van der Waals surface area contributed by atoms with Crippen LogP contribution in [-0.2, 0) is 4.74 Å². The summed E-state index contributed by atoms with van der Waals surface area (Å²) >= 11 is 0. The Kier molecular flexibility index (Phi) is 4.80. The normalized spacial score (nSPS) is 19.6. The molecule has 0 saturated heterocycles. The highest BCUT2D eigenvalue weighted by atomic mass is 16.6. The first-order valence-corrected chi connectivity index (χ1v) is 6.51. The number of alkyl carbamates (subject to hydrolysis) is 1. The summed E-state index contributed by atoms with van der Waals surface area (Å²) in [6.45, 7) is 10.7. The van der Waals surface area contributed by atoms with Crippen molar-refractivity contribution in [3.8, 4) is 0 Å². The molecule has 2 unspecified atom stereocenters. The van der Waals surface area contributed by atoms with E-state index in [4.69, 9.17) is 4.74 Å². The van der Waals surface area contributed by atoms with Crippen LogP contribution in [0.1, 0.15) is 47.5 Å². The van der Waals surface area contributed by atoms with Gasteiger partial charge in [-0.15, -0.1) is 0 Å². The van der Waals surface area contributed by atoms with Gasteiger partial charge in [0.2, 0.25) is 0 Å². The zero-order valence-electron chi connectivity index (χ0n) is 11.7. The minimum Gasteiger partial charge on any atom is -0.444 e. The van der Waals surface area contributed by atoms with Crippen LogP contribution in [0, 0.1) is 5.92 Å². The molecule has 0 aromatic heterocycles. The van der Waals surface area contributed by atoms with Crippen molar-refractivity contribution in [3.05, 3.63) is 0 Å². The summed E-state index contributed by atoms with van der Waals surface area (Å²) < 4.78 is 5.22. The molecule has 1 fully saturated rings. The van der Waals surface area contributed by atoms with Crippen LogP contribution >= 0.6 is 0 Å². The number of nitrogens with one attached hydrogen (secondary N) is 2. The van der Waals surface area contributed by atoms with E-state index in [0.29, 0.717) is 0 Å². The number of hydrogen-bond donors (Lipinski definition) is 2. The molecule has 0 aliphatic heterocycles. The Bertz CT molecular complexity index is 257. The van der Waals surface area contributed by atoms with Crippen molar-refractivity contribution in [2.45, 2.75) is 65.1 Å². The number of amides is 1. The van der Waals surface area contributed by atoms with Crippen molar-refractivity contribution < 1.29 is 9.53 Å². The SMILES string of the molecule is CC(NCC1CC1)C(C)NC(=O)OC(C)(C)C. The highest BCUT2D eigenvalue weighted by molar-refractivity contribution is 5.68. The van der Waals surface area contributed by atoms with Gasteiger partial charge in [0.05, 0.1) is 0 Å². The largest absolute Gasteiger partial charge is 0.444 e. The maximum absolute atomic E-state index is 11.6. The van der Waals surface area contributed by atoms with Gasteiger partial charge in [-0.25, -0.2) is 4.79 Å². The average molecular weight is 242 g/mol. The molecule has 0 aromatic carbocycles. The average Bonchev–Trinajstić information content (AvgIpc) is 2.93. The van der Waals surface area contributed by atoms with Crippen molar-refractivity contribution in [2.75, 3.05) is 6.54 Å². The van der Waals surface area contributed by atoms with Crippen LogP contribution in [0.4, 0.5) is 4.79 Å². The van der Waals surface area contributed by atoms with E-state index >= 15 is 0 Å². The monoisotopic (exact) mass is 242 g/mol. The van der Waals surface area contributed by atoms with Crippen LogP contribution < -0.4 is 10.6 Å². The van der Waals surface area contributed by atoms with Gasteiger partial charge in [-0.1, -0.05) is 0 Å². The summed E-state index contributed by atoms with van der Waals surface area (Å²) in [5.41, 5.74) is -0.436. The van der Waals surface area contributed by atoms with E-state index in [1.165, 1.54) is 12.8 Å². The van der Waals surface area contributed by atoms with Gasteiger partial charge in [0.15, 0.2) is 0 Å². The molecule has 1 aliphatic rings. The van der Waals surface area contributed by atoms with Crippen molar-refractivity contribution in [1.29, 1.82) is 0 Å². The summed E-state index contributed by atoms with van der Waals surface area (Å²) in [7, 11) is 0. The fraction of sp³-hybridized carbons (Fsp3) is 0.923. The highest BCUT2D eigenvalue weighted by Gasteiger charge is 2.24. The molecule has 4 heteroatoms. The van der Waals surface area contributed by atoms with Gasteiger partial charge in [-0.05, 0) is 59.9 Å². The lowest BCUT2D eigenvalue weighted by Gasteiger charge is -2.25. The van der Waals surface area contributed by atoms with Gasteiger partial charge in [0, 0.05) is 12.1 Å². The first kappa shape index (κ1) is 14.3. The highest BCUT2D eigenvalue weighted by Crippen LogP contribution is 2.27. The van der Waals surface area contributed by atoms with E-state index in [9.17, 15) is 4.79 Å². The van der Waals surface area contributed by atoms with Crippen molar-refractivity contribution in [1.82, 2.24) is 10.6 Å². The maximum Gasteiger partial charge on any atom is 0.407 e. The van der Waals surface area contributed by atoms with Crippen molar-refractivity contribution >= 4 is 6.09 Å². The molecule has 17 heavy (non-hydrogen) atoms. The summed E-state index contributed by atoms with van der Waals surface area (Å²) in [5.74, 6) is 0.853. The van der Waals surface area contributed by atoms with Crippen LogP contribution in [0.25, 0.3) is 0 Å². The minimum absolute atomic E-state index is 0.0728. The Labute approximate surface area is 104 Å². The van der Waals surface area contributed by atoms with E-state index in [2.05, 4.69) is 17.6 Å². The molecule has 1 amide bonds. The number of carbonyl (C=O) groups is 1. The third-order valence-corrected chi connectivity index (χ3v) is 2.92. The first-order valence-electron chi connectivity index (χ1n) is 6.51. The van der Waals surface area contributed by atoms with Gasteiger partial charge in [-0.2, -0.15) is 0 Å². The molecule has 0 radical (unpaired) electrons.